The number of hydrogen-bond acceptors (Lipinski definition) is 4. The molecule has 0 saturated carbocycles. The molecule has 0 aromatic heterocycles. The van der Waals surface area contributed by atoms with Crippen molar-refractivity contribution < 1.29 is 4.79 Å². The number of carbonyl (C=O) groups excluding carboxylic acids is 1. The van der Waals surface area contributed by atoms with Gasteiger partial charge in [0.05, 0.1) is 5.92 Å². The Morgan fingerprint density at radius 1 is 1.27 bits per heavy atom. The molecule has 3 rings (SSSR count). The molecule has 2 fully saturated rings. The van der Waals surface area contributed by atoms with E-state index >= 15 is 0 Å². The van der Waals surface area contributed by atoms with E-state index in [4.69, 9.17) is 17.3 Å². The van der Waals surface area contributed by atoms with Gasteiger partial charge < -0.3 is 25.8 Å². The molecule has 3 N–H and O–H groups in total. The molecule has 7 nitrogen and oxygen atoms in total. The maximum atomic E-state index is 11.4. The molecule has 0 bridgehead atoms. The fourth-order valence-electron chi connectivity index (χ4n) is 4.18. The average Bonchev–Trinajstić information content (AvgIpc) is 2.74. The van der Waals surface area contributed by atoms with Crippen molar-refractivity contribution in [3.63, 3.8) is 0 Å². The van der Waals surface area contributed by atoms with Gasteiger partial charge in [-0.25, -0.2) is 0 Å². The molecule has 1 amide bonds. The molecular formula is C21H34ClIN6O. The second kappa shape index (κ2) is 12.6. The minimum atomic E-state index is -0.162. The van der Waals surface area contributed by atoms with E-state index in [2.05, 4.69) is 31.1 Å². The lowest BCUT2D eigenvalue weighted by molar-refractivity contribution is -0.123. The molecule has 2 aliphatic heterocycles. The van der Waals surface area contributed by atoms with Crippen LogP contribution in [0.1, 0.15) is 19.3 Å². The number of halogens is 2. The second-order valence-electron chi connectivity index (χ2n) is 7.82. The van der Waals surface area contributed by atoms with Gasteiger partial charge in [-0.3, -0.25) is 9.79 Å². The van der Waals surface area contributed by atoms with Crippen LogP contribution in [0.3, 0.4) is 0 Å². The summed E-state index contributed by atoms with van der Waals surface area (Å²) in [6.07, 6.45) is 3.00. The van der Waals surface area contributed by atoms with E-state index in [9.17, 15) is 4.79 Å². The summed E-state index contributed by atoms with van der Waals surface area (Å²) in [5.41, 5.74) is 6.65. The lowest BCUT2D eigenvalue weighted by Crippen LogP contribution is -2.52. The number of aliphatic imine (C=N–C) groups is 1. The summed E-state index contributed by atoms with van der Waals surface area (Å²) in [6, 6.07) is 8.04. The van der Waals surface area contributed by atoms with Crippen molar-refractivity contribution in [3.05, 3.63) is 29.3 Å². The van der Waals surface area contributed by atoms with Crippen LogP contribution in [0.25, 0.3) is 0 Å². The first-order chi connectivity index (χ1) is 14.1. The van der Waals surface area contributed by atoms with Gasteiger partial charge in [-0.05, 0) is 50.6 Å². The van der Waals surface area contributed by atoms with Crippen molar-refractivity contribution in [1.29, 1.82) is 0 Å². The molecule has 2 aliphatic rings. The normalized spacial score (nSPS) is 20.6. The first-order valence-corrected chi connectivity index (χ1v) is 10.9. The molecule has 2 saturated heterocycles. The molecule has 1 aromatic carbocycles. The number of piperazine rings is 1. The number of likely N-dealkylation sites (tertiary alicyclic amines) is 1. The van der Waals surface area contributed by atoms with Gasteiger partial charge in [0, 0.05) is 57.0 Å². The molecule has 0 aliphatic carbocycles. The predicted molar refractivity (Wildman–Crippen MR) is 135 cm³/mol. The number of nitrogens with zero attached hydrogens (tertiary/aromatic N) is 4. The Labute approximate surface area is 202 Å². The van der Waals surface area contributed by atoms with Crippen LogP contribution in [0.2, 0.25) is 5.02 Å². The van der Waals surface area contributed by atoms with E-state index in [1.807, 2.05) is 25.2 Å². The molecule has 1 atom stereocenters. The van der Waals surface area contributed by atoms with E-state index in [-0.39, 0.29) is 35.8 Å². The fraction of sp³-hybridized carbons (Fsp3) is 0.619. The van der Waals surface area contributed by atoms with Crippen LogP contribution >= 0.6 is 35.6 Å². The maximum Gasteiger partial charge on any atom is 0.221 e. The van der Waals surface area contributed by atoms with E-state index in [1.54, 1.807) is 0 Å². The Morgan fingerprint density at radius 3 is 2.70 bits per heavy atom. The Balaban J connectivity index is 0.00000320. The van der Waals surface area contributed by atoms with Crippen LogP contribution in [0, 0.1) is 5.92 Å². The van der Waals surface area contributed by atoms with Gasteiger partial charge in [0.2, 0.25) is 5.91 Å². The molecule has 30 heavy (non-hydrogen) atoms. The summed E-state index contributed by atoms with van der Waals surface area (Å²) in [5, 5.41) is 4.27. The largest absolute Gasteiger partial charge is 0.369 e. The highest BCUT2D eigenvalue weighted by atomic mass is 127. The van der Waals surface area contributed by atoms with E-state index in [1.165, 1.54) is 5.69 Å². The van der Waals surface area contributed by atoms with Crippen molar-refractivity contribution in [1.82, 2.24) is 15.1 Å². The second-order valence-corrected chi connectivity index (χ2v) is 8.26. The highest BCUT2D eigenvalue weighted by molar-refractivity contribution is 14.0. The van der Waals surface area contributed by atoms with Crippen LogP contribution < -0.4 is 16.0 Å². The number of primary amides is 1. The summed E-state index contributed by atoms with van der Waals surface area (Å²) >= 11 is 6.12. The van der Waals surface area contributed by atoms with Gasteiger partial charge in [-0.1, -0.05) is 17.7 Å². The van der Waals surface area contributed by atoms with Gasteiger partial charge in [0.15, 0.2) is 5.96 Å². The molecule has 9 heteroatoms. The Hall–Kier alpha value is -1.26. The molecule has 1 aromatic rings. The van der Waals surface area contributed by atoms with E-state index in [0.717, 1.165) is 82.6 Å². The zero-order valence-corrected chi connectivity index (χ0v) is 20.8. The number of guanidine groups is 1. The standard InChI is InChI=1S/C21H33ClN6O.HI/c1-24-21(25-8-4-10-26-9-3-5-17(16-26)20(23)29)28-13-11-27(12-14-28)19-7-2-6-18(22)15-19;/h2,6-7,15,17H,3-5,8-14,16H2,1H3,(H2,23,29)(H,24,25);1H. The van der Waals surface area contributed by atoms with Crippen molar-refractivity contribution in [2.75, 3.05) is 64.3 Å². The van der Waals surface area contributed by atoms with Crippen LogP contribution in [0.4, 0.5) is 5.69 Å². The minimum absolute atomic E-state index is 0. The smallest absolute Gasteiger partial charge is 0.221 e. The lowest BCUT2D eigenvalue weighted by atomic mass is 9.97. The number of anilines is 1. The number of benzene rings is 1. The molecule has 168 valence electrons. The number of amides is 1. The minimum Gasteiger partial charge on any atom is -0.369 e. The van der Waals surface area contributed by atoms with E-state index in [0.29, 0.717) is 0 Å². The maximum absolute atomic E-state index is 11.4. The van der Waals surface area contributed by atoms with Crippen molar-refractivity contribution >= 4 is 53.1 Å². The quantitative estimate of drug-likeness (QED) is 0.247. The van der Waals surface area contributed by atoms with Gasteiger partial charge >= 0.3 is 0 Å². The number of hydrogen-bond donors (Lipinski definition) is 2. The Bertz CT molecular complexity index is 710. The van der Waals surface area contributed by atoms with Crippen molar-refractivity contribution in [3.8, 4) is 0 Å². The molecular weight excluding hydrogens is 515 g/mol. The Kier molecular flexibility index (Phi) is 10.5. The van der Waals surface area contributed by atoms with E-state index < -0.39 is 0 Å². The zero-order valence-electron chi connectivity index (χ0n) is 17.7. The SMILES string of the molecule is CN=C(NCCCN1CCCC(C(N)=O)C1)N1CCN(c2cccc(Cl)c2)CC1.I. The summed E-state index contributed by atoms with van der Waals surface area (Å²) in [6.45, 7) is 7.47. The number of nitrogens with two attached hydrogens (primary N) is 1. The number of nitrogens with one attached hydrogen (secondary N) is 1. The summed E-state index contributed by atoms with van der Waals surface area (Å²) < 4.78 is 0. The van der Waals surface area contributed by atoms with Crippen molar-refractivity contribution in [2.24, 2.45) is 16.6 Å². The van der Waals surface area contributed by atoms with Crippen LogP contribution in [0.15, 0.2) is 29.3 Å². The number of carbonyl (C=O) groups is 1. The lowest BCUT2D eigenvalue weighted by Gasteiger charge is -2.37. The third-order valence-corrected chi connectivity index (χ3v) is 6.04. The molecule has 0 radical (unpaired) electrons. The van der Waals surface area contributed by atoms with Crippen molar-refractivity contribution in [2.45, 2.75) is 19.3 Å². The third-order valence-electron chi connectivity index (χ3n) is 5.81. The first-order valence-electron chi connectivity index (χ1n) is 10.5. The van der Waals surface area contributed by atoms with Crippen LogP contribution in [-0.2, 0) is 4.79 Å². The third kappa shape index (κ3) is 7.16. The highest BCUT2D eigenvalue weighted by Crippen LogP contribution is 2.21. The van der Waals surface area contributed by atoms with Gasteiger partial charge in [0.1, 0.15) is 0 Å². The fourth-order valence-corrected chi connectivity index (χ4v) is 4.36. The number of rotatable bonds is 6. The van der Waals surface area contributed by atoms with Crippen LogP contribution in [0.5, 0.6) is 0 Å². The zero-order chi connectivity index (χ0) is 20.6. The van der Waals surface area contributed by atoms with Gasteiger partial charge in [-0.2, -0.15) is 0 Å². The molecule has 2 heterocycles. The Morgan fingerprint density at radius 2 is 2.03 bits per heavy atom. The van der Waals surface area contributed by atoms with Gasteiger partial charge in [0.25, 0.3) is 0 Å². The summed E-state index contributed by atoms with van der Waals surface area (Å²) in [5.74, 6) is 0.815. The summed E-state index contributed by atoms with van der Waals surface area (Å²) in [7, 11) is 1.84. The topological polar surface area (TPSA) is 77.2 Å². The average molecular weight is 549 g/mol. The predicted octanol–water partition coefficient (Wildman–Crippen LogP) is 2.24. The monoisotopic (exact) mass is 548 g/mol. The highest BCUT2D eigenvalue weighted by Gasteiger charge is 2.24. The first kappa shape index (κ1) is 25.0. The number of piperidine rings is 1. The molecule has 0 spiro atoms. The van der Waals surface area contributed by atoms with Gasteiger partial charge in [-0.15, -0.1) is 24.0 Å². The summed E-state index contributed by atoms with van der Waals surface area (Å²) in [4.78, 5) is 22.9. The molecule has 1 unspecified atom stereocenters. The van der Waals surface area contributed by atoms with Crippen LogP contribution in [-0.4, -0.2) is 81.1 Å².